The van der Waals surface area contributed by atoms with Crippen LogP contribution in [0, 0.1) is 11.8 Å². The van der Waals surface area contributed by atoms with E-state index in [1.165, 1.54) is 0 Å². The van der Waals surface area contributed by atoms with Crippen molar-refractivity contribution < 1.29 is 23.9 Å². The van der Waals surface area contributed by atoms with Gasteiger partial charge in [0.05, 0.1) is 12.8 Å². The molecule has 0 N–H and O–H groups in total. The van der Waals surface area contributed by atoms with E-state index in [9.17, 15) is 14.4 Å². The highest BCUT2D eigenvalue weighted by molar-refractivity contribution is 6.38. The molecule has 7 heteroatoms. The second-order valence-electron chi connectivity index (χ2n) is 8.13. The van der Waals surface area contributed by atoms with E-state index in [0.29, 0.717) is 29.1 Å². The monoisotopic (exact) mass is 420 g/mol. The number of amides is 2. The number of hydrogen-bond donors (Lipinski definition) is 0. The molecule has 0 spiro atoms. The second-order valence-corrected chi connectivity index (χ2v) is 8.13. The molecule has 2 atom stereocenters. The van der Waals surface area contributed by atoms with E-state index in [-0.39, 0.29) is 18.2 Å². The quantitative estimate of drug-likeness (QED) is 0.528. The SMILES string of the molecule is COc1ccc(N2C(=O)CC(C3(c4ccccc4)N=C(CC(C)C)C(=O)O3)C2=O)cc1. The molecule has 4 rings (SSSR count). The van der Waals surface area contributed by atoms with Gasteiger partial charge in [-0.05, 0) is 36.6 Å². The van der Waals surface area contributed by atoms with Gasteiger partial charge < -0.3 is 9.47 Å². The van der Waals surface area contributed by atoms with Crippen LogP contribution in [0.1, 0.15) is 32.3 Å². The average Bonchev–Trinajstić information content (AvgIpc) is 3.25. The first-order valence-electron chi connectivity index (χ1n) is 10.2. The molecule has 0 bridgehead atoms. The van der Waals surface area contributed by atoms with Crippen LogP contribution in [0.3, 0.4) is 0 Å². The fraction of sp³-hybridized carbons (Fsp3) is 0.333. The zero-order valence-corrected chi connectivity index (χ0v) is 17.7. The van der Waals surface area contributed by atoms with Crippen molar-refractivity contribution in [3.8, 4) is 5.75 Å². The van der Waals surface area contributed by atoms with Crippen molar-refractivity contribution in [2.75, 3.05) is 12.0 Å². The number of aliphatic imine (C=N–C) groups is 1. The Bertz CT molecular complexity index is 1050. The number of benzene rings is 2. The number of hydrogen-bond acceptors (Lipinski definition) is 6. The average molecular weight is 420 g/mol. The minimum Gasteiger partial charge on any atom is -0.497 e. The number of imide groups is 1. The van der Waals surface area contributed by atoms with Crippen LogP contribution in [-0.2, 0) is 24.8 Å². The summed E-state index contributed by atoms with van der Waals surface area (Å²) >= 11 is 0. The Morgan fingerprint density at radius 3 is 2.39 bits per heavy atom. The Morgan fingerprint density at radius 1 is 1.10 bits per heavy atom. The van der Waals surface area contributed by atoms with Crippen molar-refractivity contribution in [3.05, 3.63) is 60.2 Å². The first-order chi connectivity index (χ1) is 14.9. The molecular weight excluding hydrogens is 396 g/mol. The third-order valence-corrected chi connectivity index (χ3v) is 5.52. The Balaban J connectivity index is 1.76. The Hall–Kier alpha value is -3.48. The molecule has 2 unspecified atom stereocenters. The third kappa shape index (κ3) is 3.60. The van der Waals surface area contributed by atoms with Crippen molar-refractivity contribution in [3.63, 3.8) is 0 Å². The van der Waals surface area contributed by atoms with Crippen LogP contribution in [0.2, 0.25) is 0 Å². The van der Waals surface area contributed by atoms with E-state index in [0.717, 1.165) is 4.90 Å². The van der Waals surface area contributed by atoms with Crippen LogP contribution in [0.4, 0.5) is 5.69 Å². The number of methoxy groups -OCH3 is 1. The molecule has 2 heterocycles. The van der Waals surface area contributed by atoms with Gasteiger partial charge in [0, 0.05) is 12.0 Å². The molecule has 0 saturated carbocycles. The normalized spacial score (nSPS) is 23.4. The predicted molar refractivity (Wildman–Crippen MR) is 115 cm³/mol. The fourth-order valence-electron chi connectivity index (χ4n) is 4.08. The number of esters is 1. The van der Waals surface area contributed by atoms with Gasteiger partial charge in [-0.25, -0.2) is 9.79 Å². The number of cyclic esters (lactones) is 1. The number of rotatable bonds is 6. The largest absolute Gasteiger partial charge is 0.497 e. The number of anilines is 1. The highest BCUT2D eigenvalue weighted by atomic mass is 16.6. The standard InChI is InChI=1S/C24H24N2O5/c1-15(2)13-20-23(29)31-24(25-20,16-7-5-4-6-8-16)19-14-21(27)26(22(19)28)17-9-11-18(30-3)12-10-17/h4-12,15,19H,13-14H2,1-3H3. The van der Waals surface area contributed by atoms with Gasteiger partial charge in [0.15, 0.2) is 0 Å². The van der Waals surface area contributed by atoms with E-state index < -0.39 is 23.5 Å². The summed E-state index contributed by atoms with van der Waals surface area (Å²) in [6.45, 7) is 3.96. The first-order valence-corrected chi connectivity index (χ1v) is 10.2. The number of nitrogens with zero attached hydrogens (tertiary/aromatic N) is 2. The molecule has 2 aliphatic rings. The molecule has 0 aliphatic carbocycles. The van der Waals surface area contributed by atoms with Gasteiger partial charge in [-0.3, -0.25) is 14.5 Å². The third-order valence-electron chi connectivity index (χ3n) is 5.52. The maximum atomic E-state index is 13.5. The van der Waals surface area contributed by atoms with Crippen LogP contribution >= 0.6 is 0 Å². The topological polar surface area (TPSA) is 85.3 Å². The molecule has 2 aromatic rings. The molecule has 2 aromatic carbocycles. The van der Waals surface area contributed by atoms with Crippen molar-refractivity contribution in [1.82, 2.24) is 0 Å². The maximum absolute atomic E-state index is 13.5. The first kappa shape index (κ1) is 20.8. The lowest BCUT2D eigenvalue weighted by Crippen LogP contribution is -2.40. The summed E-state index contributed by atoms with van der Waals surface area (Å²) in [5, 5.41) is 0. The number of ether oxygens (including phenoxy) is 2. The molecule has 1 fully saturated rings. The highest BCUT2D eigenvalue weighted by Crippen LogP contribution is 2.46. The molecule has 0 radical (unpaired) electrons. The van der Waals surface area contributed by atoms with Gasteiger partial charge >= 0.3 is 5.97 Å². The second kappa shape index (κ2) is 7.98. The molecule has 31 heavy (non-hydrogen) atoms. The Morgan fingerprint density at radius 2 is 1.77 bits per heavy atom. The van der Waals surface area contributed by atoms with E-state index >= 15 is 0 Å². The van der Waals surface area contributed by atoms with Gasteiger partial charge in [0.2, 0.25) is 17.5 Å². The van der Waals surface area contributed by atoms with Crippen molar-refractivity contribution in [2.45, 2.75) is 32.4 Å². The Labute approximate surface area is 180 Å². The summed E-state index contributed by atoms with van der Waals surface area (Å²) in [6.07, 6.45) is 0.329. The Kier molecular flexibility index (Phi) is 5.35. The summed E-state index contributed by atoms with van der Waals surface area (Å²) in [5.74, 6) is -1.48. The van der Waals surface area contributed by atoms with Gasteiger partial charge in [0.1, 0.15) is 17.4 Å². The van der Waals surface area contributed by atoms with Crippen LogP contribution in [0.25, 0.3) is 0 Å². The zero-order valence-electron chi connectivity index (χ0n) is 17.7. The zero-order chi connectivity index (χ0) is 22.2. The van der Waals surface area contributed by atoms with E-state index in [2.05, 4.69) is 4.99 Å². The van der Waals surface area contributed by atoms with Crippen LogP contribution in [-0.4, -0.2) is 30.6 Å². The van der Waals surface area contributed by atoms with Gasteiger partial charge in [-0.2, -0.15) is 0 Å². The lowest BCUT2D eigenvalue weighted by Gasteiger charge is -2.30. The van der Waals surface area contributed by atoms with Crippen LogP contribution in [0.5, 0.6) is 5.75 Å². The number of carbonyl (C=O) groups excluding carboxylic acids is 3. The lowest BCUT2D eigenvalue weighted by atomic mass is 9.87. The fourth-order valence-corrected chi connectivity index (χ4v) is 4.08. The maximum Gasteiger partial charge on any atom is 0.354 e. The minimum atomic E-state index is -1.55. The smallest absolute Gasteiger partial charge is 0.354 e. The molecule has 160 valence electrons. The molecule has 7 nitrogen and oxygen atoms in total. The van der Waals surface area contributed by atoms with E-state index in [1.807, 2.05) is 19.9 Å². The van der Waals surface area contributed by atoms with E-state index in [1.54, 1.807) is 55.6 Å². The summed E-state index contributed by atoms with van der Waals surface area (Å²) in [7, 11) is 1.54. The van der Waals surface area contributed by atoms with Crippen molar-refractivity contribution in [2.24, 2.45) is 16.8 Å². The van der Waals surface area contributed by atoms with Crippen LogP contribution in [0.15, 0.2) is 59.6 Å². The van der Waals surface area contributed by atoms with E-state index in [4.69, 9.17) is 9.47 Å². The van der Waals surface area contributed by atoms with Crippen molar-refractivity contribution in [1.29, 1.82) is 0 Å². The van der Waals surface area contributed by atoms with Gasteiger partial charge in [-0.1, -0.05) is 44.2 Å². The van der Waals surface area contributed by atoms with Gasteiger partial charge in [-0.15, -0.1) is 0 Å². The molecule has 1 saturated heterocycles. The highest BCUT2D eigenvalue weighted by Gasteiger charge is 2.58. The van der Waals surface area contributed by atoms with Crippen LogP contribution < -0.4 is 9.64 Å². The molecule has 2 aliphatic heterocycles. The predicted octanol–water partition coefficient (Wildman–Crippen LogP) is 3.47. The summed E-state index contributed by atoms with van der Waals surface area (Å²) < 4.78 is 11.0. The molecule has 2 amide bonds. The summed E-state index contributed by atoms with van der Waals surface area (Å²) in [4.78, 5) is 44.9. The molecule has 0 aromatic heterocycles. The lowest BCUT2D eigenvalue weighted by molar-refractivity contribution is -0.156. The summed E-state index contributed by atoms with van der Waals surface area (Å²) in [5.41, 5.74) is -0.236. The number of carbonyl (C=O) groups is 3. The van der Waals surface area contributed by atoms with Crippen molar-refractivity contribution >= 4 is 29.2 Å². The molecular formula is C24H24N2O5. The minimum absolute atomic E-state index is 0.106. The van der Waals surface area contributed by atoms with Gasteiger partial charge in [0.25, 0.3) is 0 Å². The summed E-state index contributed by atoms with van der Waals surface area (Å²) in [6, 6.07) is 15.6.